The van der Waals surface area contributed by atoms with Gasteiger partial charge in [0.05, 0.1) is 11.6 Å². The van der Waals surface area contributed by atoms with Crippen LogP contribution in [0, 0.1) is 0 Å². The molecule has 20 heavy (non-hydrogen) atoms. The molecule has 3 rings (SSSR count). The summed E-state index contributed by atoms with van der Waals surface area (Å²) in [6, 6.07) is 7.98. The lowest BCUT2D eigenvalue weighted by atomic mass is 10.1. The molecule has 108 valence electrons. The summed E-state index contributed by atoms with van der Waals surface area (Å²) in [6.45, 7) is 5.01. The van der Waals surface area contributed by atoms with E-state index in [0.717, 1.165) is 13.1 Å². The molecule has 0 bridgehead atoms. The fraction of sp³-hybridized carbons (Fsp3) is 0.562. The van der Waals surface area contributed by atoms with E-state index in [2.05, 4.69) is 9.80 Å². The molecular weight excluding hydrogens is 272 g/mol. The van der Waals surface area contributed by atoms with E-state index in [1.807, 2.05) is 18.2 Å². The van der Waals surface area contributed by atoms with Crippen molar-refractivity contribution in [1.29, 1.82) is 0 Å². The molecule has 3 nitrogen and oxygen atoms in total. The van der Waals surface area contributed by atoms with Crippen molar-refractivity contribution < 1.29 is 4.79 Å². The summed E-state index contributed by atoms with van der Waals surface area (Å²) in [6.07, 6.45) is 3.85. The summed E-state index contributed by atoms with van der Waals surface area (Å²) in [4.78, 5) is 17.2. The number of Topliss-reactive ketones (excluding diaryl/α,β-unsaturated/α-hetero) is 1. The quantitative estimate of drug-likeness (QED) is 0.797. The van der Waals surface area contributed by atoms with Gasteiger partial charge in [-0.05, 0) is 44.5 Å². The third-order valence-corrected chi connectivity index (χ3v) is 4.78. The van der Waals surface area contributed by atoms with Crippen LogP contribution in [0.2, 0.25) is 5.02 Å². The van der Waals surface area contributed by atoms with Crippen molar-refractivity contribution in [2.24, 2.45) is 0 Å². The molecule has 1 atom stereocenters. The summed E-state index contributed by atoms with van der Waals surface area (Å²) in [5.41, 5.74) is 0.652. The molecule has 0 aromatic heterocycles. The Balaban J connectivity index is 1.56. The van der Waals surface area contributed by atoms with E-state index in [4.69, 9.17) is 11.6 Å². The number of rotatable bonds is 4. The maximum absolute atomic E-state index is 12.3. The molecule has 0 aliphatic carbocycles. The second-order valence-electron chi connectivity index (χ2n) is 5.82. The van der Waals surface area contributed by atoms with Crippen LogP contribution < -0.4 is 0 Å². The van der Waals surface area contributed by atoms with Crippen molar-refractivity contribution in [1.82, 2.24) is 9.80 Å². The number of nitrogens with zero attached hydrogens (tertiary/aromatic N) is 2. The van der Waals surface area contributed by atoms with Gasteiger partial charge in [-0.3, -0.25) is 14.6 Å². The Kier molecular flexibility index (Phi) is 4.39. The first-order chi connectivity index (χ1) is 9.74. The zero-order valence-corrected chi connectivity index (χ0v) is 12.5. The molecule has 0 saturated carbocycles. The number of carbonyl (C=O) groups excluding carboxylic acids is 1. The van der Waals surface area contributed by atoms with E-state index in [1.165, 1.54) is 32.4 Å². The third-order valence-electron chi connectivity index (χ3n) is 4.45. The van der Waals surface area contributed by atoms with Gasteiger partial charge >= 0.3 is 0 Å². The minimum atomic E-state index is 0.137. The molecule has 2 aliphatic heterocycles. The first-order valence-electron chi connectivity index (χ1n) is 7.48. The average Bonchev–Trinajstić information content (AvgIpc) is 3.09. The Bertz CT molecular complexity index is 485. The van der Waals surface area contributed by atoms with Crippen LogP contribution in [-0.4, -0.2) is 54.3 Å². The number of hydrogen-bond acceptors (Lipinski definition) is 3. The molecule has 1 aromatic rings. The fourth-order valence-corrected chi connectivity index (χ4v) is 3.58. The predicted octanol–water partition coefficient (Wildman–Crippen LogP) is 2.69. The van der Waals surface area contributed by atoms with Gasteiger partial charge in [-0.15, -0.1) is 0 Å². The van der Waals surface area contributed by atoms with Gasteiger partial charge < -0.3 is 0 Å². The van der Waals surface area contributed by atoms with E-state index in [9.17, 15) is 4.79 Å². The number of ketones is 1. The van der Waals surface area contributed by atoms with Crippen molar-refractivity contribution in [3.8, 4) is 0 Å². The van der Waals surface area contributed by atoms with Crippen LogP contribution in [0.4, 0.5) is 0 Å². The molecule has 2 saturated heterocycles. The fourth-order valence-electron chi connectivity index (χ4n) is 3.34. The first-order valence-corrected chi connectivity index (χ1v) is 7.86. The van der Waals surface area contributed by atoms with Gasteiger partial charge in [0.25, 0.3) is 0 Å². The first kappa shape index (κ1) is 14.1. The van der Waals surface area contributed by atoms with Gasteiger partial charge in [-0.2, -0.15) is 0 Å². The Morgan fingerprint density at radius 2 is 1.95 bits per heavy atom. The number of carbonyl (C=O) groups is 1. The Hall–Kier alpha value is -0.900. The molecule has 1 unspecified atom stereocenters. The highest BCUT2D eigenvalue weighted by molar-refractivity contribution is 6.34. The van der Waals surface area contributed by atoms with Crippen molar-refractivity contribution in [3.63, 3.8) is 0 Å². The zero-order valence-electron chi connectivity index (χ0n) is 11.7. The molecule has 4 heteroatoms. The minimum Gasteiger partial charge on any atom is -0.299 e. The Morgan fingerprint density at radius 3 is 2.70 bits per heavy atom. The maximum Gasteiger partial charge on any atom is 0.178 e. The van der Waals surface area contributed by atoms with Gasteiger partial charge in [0, 0.05) is 24.7 Å². The van der Waals surface area contributed by atoms with E-state index in [-0.39, 0.29) is 5.78 Å². The normalized spacial score (nSPS) is 24.4. The summed E-state index contributed by atoms with van der Waals surface area (Å²) in [5, 5.41) is 0.563. The van der Waals surface area contributed by atoms with Crippen LogP contribution in [0.15, 0.2) is 24.3 Å². The lowest BCUT2D eigenvalue weighted by molar-refractivity contribution is 0.0940. The smallest absolute Gasteiger partial charge is 0.178 e. The van der Waals surface area contributed by atoms with Crippen LogP contribution in [0.5, 0.6) is 0 Å². The molecule has 2 fully saturated rings. The van der Waals surface area contributed by atoms with Crippen LogP contribution in [0.3, 0.4) is 0 Å². The van der Waals surface area contributed by atoms with Gasteiger partial charge in [-0.25, -0.2) is 0 Å². The zero-order chi connectivity index (χ0) is 13.9. The average molecular weight is 293 g/mol. The summed E-state index contributed by atoms with van der Waals surface area (Å²) in [5.74, 6) is 0.137. The monoisotopic (exact) mass is 292 g/mol. The Morgan fingerprint density at radius 1 is 1.20 bits per heavy atom. The van der Waals surface area contributed by atoms with Crippen LogP contribution in [-0.2, 0) is 0 Å². The lowest BCUT2D eigenvalue weighted by Crippen LogP contribution is -2.36. The van der Waals surface area contributed by atoms with Gasteiger partial charge in [0.15, 0.2) is 5.78 Å². The Labute approximate surface area is 125 Å². The molecule has 1 aromatic carbocycles. The predicted molar refractivity (Wildman–Crippen MR) is 81.4 cm³/mol. The number of halogens is 1. The SMILES string of the molecule is O=C(CN1CCC(N2CCCC2)C1)c1ccccc1Cl. The van der Waals surface area contributed by atoms with Gasteiger partial charge in [-0.1, -0.05) is 23.7 Å². The highest BCUT2D eigenvalue weighted by Gasteiger charge is 2.30. The van der Waals surface area contributed by atoms with E-state index in [1.54, 1.807) is 6.07 Å². The van der Waals surface area contributed by atoms with Crippen molar-refractivity contribution in [2.75, 3.05) is 32.7 Å². The molecule has 0 radical (unpaired) electrons. The third kappa shape index (κ3) is 3.05. The molecular formula is C16H21ClN2O. The van der Waals surface area contributed by atoms with E-state index >= 15 is 0 Å². The second-order valence-corrected chi connectivity index (χ2v) is 6.23. The number of benzene rings is 1. The van der Waals surface area contributed by atoms with E-state index in [0.29, 0.717) is 23.2 Å². The van der Waals surface area contributed by atoms with Crippen molar-refractivity contribution in [3.05, 3.63) is 34.9 Å². The summed E-state index contributed by atoms with van der Waals surface area (Å²) >= 11 is 6.09. The topological polar surface area (TPSA) is 23.6 Å². The van der Waals surface area contributed by atoms with Gasteiger partial charge in [0.2, 0.25) is 0 Å². The maximum atomic E-state index is 12.3. The summed E-state index contributed by atoms with van der Waals surface area (Å²) in [7, 11) is 0. The largest absolute Gasteiger partial charge is 0.299 e. The second kappa shape index (κ2) is 6.25. The lowest BCUT2D eigenvalue weighted by Gasteiger charge is -2.23. The highest BCUT2D eigenvalue weighted by atomic mass is 35.5. The van der Waals surface area contributed by atoms with Gasteiger partial charge in [0.1, 0.15) is 0 Å². The van der Waals surface area contributed by atoms with Crippen molar-refractivity contribution in [2.45, 2.75) is 25.3 Å². The minimum absolute atomic E-state index is 0.137. The molecule has 0 N–H and O–H groups in total. The van der Waals surface area contributed by atoms with Crippen LogP contribution in [0.1, 0.15) is 29.6 Å². The van der Waals surface area contributed by atoms with Crippen LogP contribution >= 0.6 is 11.6 Å². The van der Waals surface area contributed by atoms with E-state index < -0.39 is 0 Å². The molecule has 2 heterocycles. The highest BCUT2D eigenvalue weighted by Crippen LogP contribution is 2.21. The van der Waals surface area contributed by atoms with Crippen molar-refractivity contribution >= 4 is 17.4 Å². The van der Waals surface area contributed by atoms with Crippen LogP contribution in [0.25, 0.3) is 0 Å². The molecule has 0 spiro atoms. The number of hydrogen-bond donors (Lipinski definition) is 0. The standard InChI is InChI=1S/C16H21ClN2O/c17-15-6-2-1-5-14(15)16(20)12-18-10-7-13(11-18)19-8-3-4-9-19/h1-2,5-6,13H,3-4,7-12H2. The molecule has 0 amide bonds. The summed E-state index contributed by atoms with van der Waals surface area (Å²) < 4.78 is 0. The number of likely N-dealkylation sites (tertiary alicyclic amines) is 2. The molecule has 2 aliphatic rings.